The number of hydrogen-bond acceptors (Lipinski definition) is 6. The Morgan fingerprint density at radius 1 is 1.22 bits per heavy atom. The molecule has 0 atom stereocenters. The van der Waals surface area contributed by atoms with Crippen LogP contribution in [0, 0.1) is 10.1 Å². The number of nitro groups is 1. The van der Waals surface area contributed by atoms with Crippen LogP contribution in [0.5, 0.6) is 11.5 Å². The Balaban J connectivity index is 1.81. The van der Waals surface area contributed by atoms with Crippen LogP contribution in [0.3, 0.4) is 0 Å². The van der Waals surface area contributed by atoms with E-state index in [9.17, 15) is 14.9 Å². The molecule has 0 N–H and O–H groups in total. The fourth-order valence-electron chi connectivity index (χ4n) is 2.05. The van der Waals surface area contributed by atoms with Crippen molar-refractivity contribution in [2.45, 2.75) is 6.61 Å². The normalized spacial score (nSPS) is 12.0. The first-order valence-corrected chi connectivity index (χ1v) is 6.92. The molecule has 0 bridgehead atoms. The molecule has 1 aliphatic heterocycles. The highest BCUT2D eigenvalue weighted by Gasteiger charge is 2.28. The number of nitro benzene ring substituents is 1. The first-order chi connectivity index (χ1) is 11.0. The van der Waals surface area contributed by atoms with Gasteiger partial charge in [0.2, 0.25) is 6.79 Å². The third-order valence-electron chi connectivity index (χ3n) is 3.19. The topological polar surface area (TPSA) is 87.9 Å². The van der Waals surface area contributed by atoms with Gasteiger partial charge in [-0.25, -0.2) is 4.79 Å². The van der Waals surface area contributed by atoms with Gasteiger partial charge in [-0.05, 0) is 17.7 Å². The van der Waals surface area contributed by atoms with Crippen LogP contribution in [0.2, 0.25) is 5.02 Å². The minimum absolute atomic E-state index is 0.0262. The van der Waals surface area contributed by atoms with E-state index >= 15 is 0 Å². The minimum atomic E-state index is -0.815. The van der Waals surface area contributed by atoms with E-state index in [0.29, 0.717) is 10.6 Å². The summed E-state index contributed by atoms with van der Waals surface area (Å²) in [6.07, 6.45) is 0. The summed E-state index contributed by atoms with van der Waals surface area (Å²) in [5, 5.41) is 11.7. The zero-order valence-electron chi connectivity index (χ0n) is 11.7. The average Bonchev–Trinajstić information content (AvgIpc) is 3.00. The standard InChI is InChI=1S/C15H10ClNO6/c16-10-3-1-9(2-4-10)7-21-15(18)11-5-13-14(23-8-22-13)6-12(11)17(19)20/h1-6H,7-8H2. The Morgan fingerprint density at radius 3 is 2.52 bits per heavy atom. The minimum Gasteiger partial charge on any atom is -0.457 e. The van der Waals surface area contributed by atoms with E-state index in [1.165, 1.54) is 6.07 Å². The lowest BCUT2D eigenvalue weighted by atomic mass is 10.1. The van der Waals surface area contributed by atoms with Crippen LogP contribution in [0.15, 0.2) is 36.4 Å². The van der Waals surface area contributed by atoms with E-state index in [1.807, 2.05) is 0 Å². The van der Waals surface area contributed by atoms with Crippen LogP contribution in [0.25, 0.3) is 0 Å². The van der Waals surface area contributed by atoms with E-state index in [-0.39, 0.29) is 30.5 Å². The highest BCUT2D eigenvalue weighted by Crippen LogP contribution is 2.38. The summed E-state index contributed by atoms with van der Waals surface area (Å²) in [4.78, 5) is 22.6. The first-order valence-electron chi connectivity index (χ1n) is 6.54. The summed E-state index contributed by atoms with van der Waals surface area (Å²) >= 11 is 5.77. The van der Waals surface area contributed by atoms with Crippen molar-refractivity contribution in [1.29, 1.82) is 0 Å². The molecule has 118 valence electrons. The number of nitrogens with zero attached hydrogens (tertiary/aromatic N) is 1. The summed E-state index contributed by atoms with van der Waals surface area (Å²) in [6.45, 7) is -0.0721. The summed E-state index contributed by atoms with van der Waals surface area (Å²) in [6, 6.07) is 9.13. The van der Waals surface area contributed by atoms with E-state index in [2.05, 4.69) is 0 Å². The fourth-order valence-corrected chi connectivity index (χ4v) is 2.18. The van der Waals surface area contributed by atoms with Gasteiger partial charge in [0.05, 0.1) is 11.0 Å². The quantitative estimate of drug-likeness (QED) is 0.484. The molecule has 0 radical (unpaired) electrons. The van der Waals surface area contributed by atoms with Gasteiger partial charge in [-0.2, -0.15) is 0 Å². The molecular weight excluding hydrogens is 326 g/mol. The van der Waals surface area contributed by atoms with Crippen molar-refractivity contribution in [1.82, 2.24) is 0 Å². The molecule has 1 aliphatic rings. The van der Waals surface area contributed by atoms with Gasteiger partial charge < -0.3 is 14.2 Å². The first kappa shape index (κ1) is 15.1. The van der Waals surface area contributed by atoms with E-state index in [1.54, 1.807) is 24.3 Å². The number of fused-ring (bicyclic) bond motifs is 1. The van der Waals surface area contributed by atoms with Gasteiger partial charge in [0.25, 0.3) is 5.69 Å². The maximum atomic E-state index is 12.2. The Morgan fingerprint density at radius 2 is 1.87 bits per heavy atom. The molecule has 2 aromatic rings. The molecule has 0 saturated heterocycles. The Hall–Kier alpha value is -2.80. The Kier molecular flexibility index (Phi) is 4.03. The lowest BCUT2D eigenvalue weighted by Crippen LogP contribution is -2.08. The molecule has 8 heteroatoms. The van der Waals surface area contributed by atoms with Crippen molar-refractivity contribution in [3.63, 3.8) is 0 Å². The predicted octanol–water partition coefficient (Wildman–Crippen LogP) is 3.33. The van der Waals surface area contributed by atoms with Gasteiger partial charge in [-0.1, -0.05) is 23.7 Å². The van der Waals surface area contributed by atoms with Crippen LogP contribution >= 0.6 is 11.6 Å². The highest BCUT2D eigenvalue weighted by atomic mass is 35.5. The van der Waals surface area contributed by atoms with E-state index in [4.69, 9.17) is 25.8 Å². The molecule has 0 unspecified atom stereocenters. The number of hydrogen-bond donors (Lipinski definition) is 0. The summed E-state index contributed by atoms with van der Waals surface area (Å²) in [7, 11) is 0. The van der Waals surface area contributed by atoms with Gasteiger partial charge in [0.1, 0.15) is 12.2 Å². The molecule has 0 aromatic heterocycles. The number of halogens is 1. The molecular formula is C15H10ClNO6. The molecule has 7 nitrogen and oxygen atoms in total. The van der Waals surface area contributed by atoms with Crippen LogP contribution in [-0.2, 0) is 11.3 Å². The maximum Gasteiger partial charge on any atom is 0.345 e. The van der Waals surface area contributed by atoms with Crippen molar-refractivity contribution in [2.75, 3.05) is 6.79 Å². The number of benzene rings is 2. The summed E-state index contributed by atoms with van der Waals surface area (Å²) in [5.41, 5.74) is 0.134. The monoisotopic (exact) mass is 335 g/mol. The number of carbonyl (C=O) groups excluding carboxylic acids is 1. The predicted molar refractivity (Wildman–Crippen MR) is 79.8 cm³/mol. The fraction of sp³-hybridized carbons (Fsp3) is 0.133. The van der Waals surface area contributed by atoms with Crippen LogP contribution in [0.4, 0.5) is 5.69 Å². The van der Waals surface area contributed by atoms with E-state index < -0.39 is 16.6 Å². The second kappa shape index (κ2) is 6.13. The van der Waals surface area contributed by atoms with Crippen molar-refractivity contribution in [2.24, 2.45) is 0 Å². The summed E-state index contributed by atoms with van der Waals surface area (Å²) < 4.78 is 15.3. The molecule has 0 amide bonds. The number of carbonyl (C=O) groups is 1. The molecule has 0 spiro atoms. The van der Waals surface area contributed by atoms with Crippen molar-refractivity contribution < 1.29 is 23.9 Å². The average molecular weight is 336 g/mol. The Labute approximate surface area is 135 Å². The Bertz CT molecular complexity index is 774. The van der Waals surface area contributed by atoms with Crippen molar-refractivity contribution in [3.05, 3.63) is 62.7 Å². The second-order valence-corrected chi connectivity index (χ2v) is 5.12. The van der Waals surface area contributed by atoms with Crippen molar-refractivity contribution in [3.8, 4) is 11.5 Å². The van der Waals surface area contributed by atoms with Gasteiger partial charge in [-0.15, -0.1) is 0 Å². The van der Waals surface area contributed by atoms with Crippen LogP contribution in [-0.4, -0.2) is 17.7 Å². The molecule has 0 fully saturated rings. The second-order valence-electron chi connectivity index (χ2n) is 4.68. The smallest absolute Gasteiger partial charge is 0.345 e. The molecule has 0 saturated carbocycles. The SMILES string of the molecule is O=C(OCc1ccc(Cl)cc1)c1cc2c(cc1[N+](=O)[O-])OCO2. The molecule has 0 aliphatic carbocycles. The third kappa shape index (κ3) is 3.19. The molecule has 3 rings (SSSR count). The zero-order valence-corrected chi connectivity index (χ0v) is 12.4. The lowest BCUT2D eigenvalue weighted by Gasteiger charge is -2.07. The number of ether oxygens (including phenoxy) is 3. The largest absolute Gasteiger partial charge is 0.457 e. The van der Waals surface area contributed by atoms with Gasteiger partial charge in [-0.3, -0.25) is 10.1 Å². The lowest BCUT2D eigenvalue weighted by molar-refractivity contribution is -0.385. The van der Waals surface area contributed by atoms with Crippen molar-refractivity contribution >= 4 is 23.3 Å². The van der Waals surface area contributed by atoms with Gasteiger partial charge >= 0.3 is 5.97 Å². The summed E-state index contributed by atoms with van der Waals surface area (Å²) in [5.74, 6) is -0.315. The molecule has 23 heavy (non-hydrogen) atoms. The third-order valence-corrected chi connectivity index (χ3v) is 3.44. The highest BCUT2D eigenvalue weighted by molar-refractivity contribution is 6.30. The number of rotatable bonds is 4. The number of esters is 1. The van der Waals surface area contributed by atoms with Crippen LogP contribution < -0.4 is 9.47 Å². The van der Waals surface area contributed by atoms with Crippen LogP contribution in [0.1, 0.15) is 15.9 Å². The van der Waals surface area contributed by atoms with Gasteiger partial charge in [0, 0.05) is 11.1 Å². The molecule has 1 heterocycles. The zero-order chi connectivity index (χ0) is 16.4. The van der Waals surface area contributed by atoms with E-state index in [0.717, 1.165) is 6.07 Å². The van der Waals surface area contributed by atoms with Gasteiger partial charge in [0.15, 0.2) is 11.5 Å². The molecule has 2 aromatic carbocycles. The maximum absolute atomic E-state index is 12.2.